The van der Waals surface area contributed by atoms with Crippen LogP contribution in [0.15, 0.2) is 6.33 Å². The van der Waals surface area contributed by atoms with Crippen LogP contribution in [0.2, 0.25) is 0 Å². The van der Waals surface area contributed by atoms with Gasteiger partial charge in [-0.1, -0.05) is 0 Å². The minimum Gasteiger partial charge on any atom is -0.490 e. The van der Waals surface area contributed by atoms with Gasteiger partial charge in [0.15, 0.2) is 11.6 Å². The summed E-state index contributed by atoms with van der Waals surface area (Å²) in [5, 5.41) is 16.0. The van der Waals surface area contributed by atoms with Crippen LogP contribution in [0.4, 0.5) is 11.6 Å². The molecular formula is C14H24N4O2. The molecule has 6 nitrogen and oxygen atoms in total. The Balaban J connectivity index is 1.96. The summed E-state index contributed by atoms with van der Waals surface area (Å²) in [6.45, 7) is 3.65. The predicted octanol–water partition coefficient (Wildman–Crippen LogP) is 1.88. The summed E-state index contributed by atoms with van der Waals surface area (Å²) in [6, 6.07) is 0. The van der Waals surface area contributed by atoms with E-state index in [0.29, 0.717) is 17.5 Å². The molecule has 0 spiro atoms. The maximum Gasteiger partial charge on any atom is 0.204 e. The minimum absolute atomic E-state index is 0.111. The molecule has 1 aromatic heterocycles. The lowest BCUT2D eigenvalue weighted by molar-refractivity contribution is 0.111. The number of anilines is 2. The zero-order valence-electron chi connectivity index (χ0n) is 12.2. The van der Waals surface area contributed by atoms with E-state index in [1.54, 1.807) is 7.11 Å². The molecule has 0 saturated heterocycles. The van der Waals surface area contributed by atoms with Crippen molar-refractivity contribution in [2.45, 2.75) is 38.7 Å². The first kappa shape index (κ1) is 14.8. The van der Waals surface area contributed by atoms with E-state index in [4.69, 9.17) is 4.74 Å². The first-order valence-electron chi connectivity index (χ1n) is 7.29. The first-order chi connectivity index (χ1) is 9.74. The monoisotopic (exact) mass is 280 g/mol. The van der Waals surface area contributed by atoms with Gasteiger partial charge in [-0.3, -0.25) is 0 Å². The van der Waals surface area contributed by atoms with E-state index in [9.17, 15) is 5.11 Å². The third-order valence-corrected chi connectivity index (χ3v) is 3.73. The summed E-state index contributed by atoms with van der Waals surface area (Å²) < 4.78 is 5.40. The first-order valence-corrected chi connectivity index (χ1v) is 7.29. The van der Waals surface area contributed by atoms with E-state index in [1.807, 2.05) is 6.92 Å². The molecule has 1 saturated carbocycles. The summed E-state index contributed by atoms with van der Waals surface area (Å²) in [6.07, 6.45) is 5.34. The molecule has 0 aliphatic heterocycles. The fourth-order valence-corrected chi connectivity index (χ4v) is 2.58. The molecule has 0 unspecified atom stereocenters. The third kappa shape index (κ3) is 3.72. The Morgan fingerprint density at radius 2 is 1.85 bits per heavy atom. The van der Waals surface area contributed by atoms with E-state index in [2.05, 4.69) is 20.6 Å². The Labute approximate surface area is 120 Å². The van der Waals surface area contributed by atoms with Gasteiger partial charge in [0, 0.05) is 13.1 Å². The molecule has 20 heavy (non-hydrogen) atoms. The van der Waals surface area contributed by atoms with Gasteiger partial charge in [-0.2, -0.15) is 0 Å². The molecule has 1 heterocycles. The molecule has 0 atom stereocenters. The van der Waals surface area contributed by atoms with Crippen molar-refractivity contribution in [3.63, 3.8) is 0 Å². The lowest BCUT2D eigenvalue weighted by Gasteiger charge is -2.26. The number of nitrogens with one attached hydrogen (secondary N) is 2. The van der Waals surface area contributed by atoms with Crippen LogP contribution in [0, 0.1) is 5.92 Å². The highest BCUT2D eigenvalue weighted by Gasteiger charge is 2.20. The SMILES string of the molecule is CCNc1ncnc(NCC2CCC(O)CC2)c1OC. The van der Waals surface area contributed by atoms with Crippen LogP contribution < -0.4 is 15.4 Å². The molecule has 1 fully saturated rings. The molecule has 0 amide bonds. The lowest BCUT2D eigenvalue weighted by atomic mass is 9.87. The van der Waals surface area contributed by atoms with Crippen LogP contribution in [0.3, 0.4) is 0 Å². The van der Waals surface area contributed by atoms with Crippen molar-refractivity contribution in [1.29, 1.82) is 0 Å². The maximum absolute atomic E-state index is 9.52. The van der Waals surface area contributed by atoms with E-state index < -0.39 is 0 Å². The molecule has 1 aliphatic rings. The van der Waals surface area contributed by atoms with Gasteiger partial charge in [0.05, 0.1) is 13.2 Å². The van der Waals surface area contributed by atoms with Gasteiger partial charge < -0.3 is 20.5 Å². The average molecular weight is 280 g/mol. The van der Waals surface area contributed by atoms with Crippen molar-refractivity contribution in [2.24, 2.45) is 5.92 Å². The fourth-order valence-electron chi connectivity index (χ4n) is 2.58. The van der Waals surface area contributed by atoms with Crippen molar-refractivity contribution in [1.82, 2.24) is 9.97 Å². The van der Waals surface area contributed by atoms with Crippen LogP contribution >= 0.6 is 0 Å². The second kappa shape index (κ2) is 7.28. The molecule has 0 bridgehead atoms. The molecule has 2 rings (SSSR count). The van der Waals surface area contributed by atoms with Crippen molar-refractivity contribution < 1.29 is 9.84 Å². The zero-order valence-corrected chi connectivity index (χ0v) is 12.2. The summed E-state index contributed by atoms with van der Waals surface area (Å²) in [7, 11) is 1.63. The molecule has 0 aromatic carbocycles. The van der Waals surface area contributed by atoms with E-state index in [-0.39, 0.29) is 6.10 Å². The van der Waals surface area contributed by atoms with Gasteiger partial charge in [-0.25, -0.2) is 9.97 Å². The molecule has 3 N–H and O–H groups in total. The third-order valence-electron chi connectivity index (χ3n) is 3.73. The average Bonchev–Trinajstić information content (AvgIpc) is 2.47. The van der Waals surface area contributed by atoms with E-state index in [1.165, 1.54) is 6.33 Å². The Morgan fingerprint density at radius 3 is 2.45 bits per heavy atom. The number of methoxy groups -OCH3 is 1. The molecule has 6 heteroatoms. The summed E-state index contributed by atoms with van der Waals surface area (Å²) in [5.74, 6) is 2.68. The summed E-state index contributed by atoms with van der Waals surface area (Å²) >= 11 is 0. The van der Waals surface area contributed by atoms with Crippen LogP contribution in [-0.2, 0) is 0 Å². The van der Waals surface area contributed by atoms with Crippen LogP contribution in [-0.4, -0.2) is 41.4 Å². The van der Waals surface area contributed by atoms with Gasteiger partial charge >= 0.3 is 0 Å². The number of nitrogens with zero attached hydrogens (tertiary/aromatic N) is 2. The molecular weight excluding hydrogens is 256 g/mol. The Kier molecular flexibility index (Phi) is 5.40. The number of aliphatic hydroxyl groups is 1. The van der Waals surface area contributed by atoms with E-state index >= 15 is 0 Å². The fraction of sp³-hybridized carbons (Fsp3) is 0.714. The summed E-state index contributed by atoms with van der Waals surface area (Å²) in [4.78, 5) is 8.44. The number of rotatable bonds is 6. The zero-order chi connectivity index (χ0) is 14.4. The van der Waals surface area contributed by atoms with Gasteiger partial charge in [-0.15, -0.1) is 0 Å². The Hall–Kier alpha value is -1.56. The highest BCUT2D eigenvalue weighted by molar-refractivity contribution is 5.63. The largest absolute Gasteiger partial charge is 0.490 e. The minimum atomic E-state index is -0.111. The van der Waals surface area contributed by atoms with Crippen molar-refractivity contribution in [3.05, 3.63) is 6.33 Å². The number of hydrogen-bond acceptors (Lipinski definition) is 6. The lowest BCUT2D eigenvalue weighted by Crippen LogP contribution is -2.24. The van der Waals surface area contributed by atoms with Crippen molar-refractivity contribution >= 4 is 11.6 Å². The van der Waals surface area contributed by atoms with Gasteiger partial charge in [0.2, 0.25) is 5.75 Å². The number of hydrogen-bond donors (Lipinski definition) is 3. The highest BCUT2D eigenvalue weighted by Crippen LogP contribution is 2.30. The van der Waals surface area contributed by atoms with Gasteiger partial charge in [0.1, 0.15) is 6.33 Å². The summed E-state index contributed by atoms with van der Waals surface area (Å²) in [5.41, 5.74) is 0. The van der Waals surface area contributed by atoms with E-state index in [0.717, 1.165) is 44.6 Å². The van der Waals surface area contributed by atoms with Crippen molar-refractivity contribution in [3.8, 4) is 5.75 Å². The van der Waals surface area contributed by atoms with Gasteiger partial charge in [-0.05, 0) is 38.5 Å². The standard InChI is InChI=1S/C14H24N4O2/c1-3-15-13-12(20-2)14(18-9-17-13)16-8-10-4-6-11(19)7-5-10/h9-11,19H,3-8H2,1-2H3,(H2,15,16,17,18). The molecule has 0 radical (unpaired) electrons. The smallest absolute Gasteiger partial charge is 0.204 e. The van der Waals surface area contributed by atoms with Crippen LogP contribution in [0.25, 0.3) is 0 Å². The molecule has 1 aliphatic carbocycles. The van der Waals surface area contributed by atoms with Crippen LogP contribution in [0.5, 0.6) is 5.75 Å². The maximum atomic E-state index is 9.52. The highest BCUT2D eigenvalue weighted by atomic mass is 16.5. The Morgan fingerprint density at radius 1 is 1.20 bits per heavy atom. The topological polar surface area (TPSA) is 79.3 Å². The van der Waals surface area contributed by atoms with Crippen molar-refractivity contribution in [2.75, 3.05) is 30.8 Å². The number of aliphatic hydroxyl groups excluding tert-OH is 1. The second-order valence-electron chi connectivity index (χ2n) is 5.19. The second-order valence-corrected chi connectivity index (χ2v) is 5.19. The Bertz CT molecular complexity index is 420. The quantitative estimate of drug-likeness (QED) is 0.738. The number of ether oxygens (including phenoxy) is 1. The predicted molar refractivity (Wildman–Crippen MR) is 79.2 cm³/mol. The number of aromatic nitrogens is 2. The normalized spacial score (nSPS) is 22.4. The van der Waals surface area contributed by atoms with Crippen LogP contribution in [0.1, 0.15) is 32.6 Å². The van der Waals surface area contributed by atoms with Gasteiger partial charge in [0.25, 0.3) is 0 Å². The molecule has 112 valence electrons. The molecule has 1 aromatic rings.